The molecule has 27 heavy (non-hydrogen) atoms. The Morgan fingerprint density at radius 3 is 2.15 bits per heavy atom. The third-order valence-electron chi connectivity index (χ3n) is 4.74. The maximum atomic E-state index is 12.6. The molecule has 1 aliphatic carbocycles. The van der Waals surface area contributed by atoms with Crippen molar-refractivity contribution in [1.29, 1.82) is 0 Å². The molecule has 0 spiro atoms. The second kappa shape index (κ2) is 7.75. The molecule has 0 bridgehead atoms. The summed E-state index contributed by atoms with van der Waals surface area (Å²) in [6.45, 7) is -0.425. The molecule has 3 rings (SSSR count). The number of benzene rings is 1. The molecule has 0 N–H and O–H groups in total. The Balaban J connectivity index is 1.64. The van der Waals surface area contributed by atoms with Crippen LogP contribution in [0, 0.1) is 0 Å². The van der Waals surface area contributed by atoms with Crippen molar-refractivity contribution in [1.82, 2.24) is 4.90 Å². The predicted octanol–water partition coefficient (Wildman–Crippen LogP) is 1.04. The van der Waals surface area contributed by atoms with E-state index in [1.807, 2.05) is 0 Å². The standard InChI is InChI=1S/C18H23NO7S/c1-24-15-7-12(8-16(9-15)25-2)18(21)26-10-17(20)19(13-3-4-13)14-5-6-27(22,23)11-14/h7-9,13-14H,3-6,10-11H2,1-2H3/t14-/m1/s1. The van der Waals surface area contributed by atoms with Gasteiger partial charge in [0, 0.05) is 18.2 Å². The fraction of sp³-hybridized carbons (Fsp3) is 0.556. The minimum Gasteiger partial charge on any atom is -0.497 e. The molecular weight excluding hydrogens is 374 g/mol. The zero-order valence-corrected chi connectivity index (χ0v) is 16.2. The highest BCUT2D eigenvalue weighted by atomic mass is 32.2. The number of ether oxygens (including phenoxy) is 3. The second-order valence-corrected chi connectivity index (χ2v) is 9.00. The molecule has 0 radical (unpaired) electrons. The lowest BCUT2D eigenvalue weighted by molar-refractivity contribution is -0.137. The molecule has 1 amide bonds. The first-order valence-electron chi connectivity index (χ1n) is 8.75. The average Bonchev–Trinajstić information content (AvgIpc) is 3.42. The van der Waals surface area contributed by atoms with Crippen molar-refractivity contribution in [3.05, 3.63) is 23.8 Å². The van der Waals surface area contributed by atoms with Gasteiger partial charge in [0.2, 0.25) is 0 Å². The summed E-state index contributed by atoms with van der Waals surface area (Å²) in [6, 6.07) is 4.34. The summed E-state index contributed by atoms with van der Waals surface area (Å²) in [5.74, 6) is -0.0849. The molecule has 1 aliphatic heterocycles. The lowest BCUT2D eigenvalue weighted by Gasteiger charge is -2.28. The van der Waals surface area contributed by atoms with E-state index in [2.05, 4.69) is 0 Å². The Kier molecular flexibility index (Phi) is 5.59. The molecule has 0 aromatic heterocycles. The Morgan fingerprint density at radius 2 is 1.67 bits per heavy atom. The van der Waals surface area contributed by atoms with E-state index in [1.165, 1.54) is 26.4 Å². The molecule has 0 unspecified atom stereocenters. The largest absolute Gasteiger partial charge is 0.497 e. The highest BCUT2D eigenvalue weighted by Crippen LogP contribution is 2.32. The van der Waals surface area contributed by atoms with Crippen molar-refractivity contribution in [2.45, 2.75) is 31.3 Å². The number of amides is 1. The molecule has 148 valence electrons. The highest BCUT2D eigenvalue weighted by molar-refractivity contribution is 7.91. The van der Waals surface area contributed by atoms with Crippen LogP contribution in [-0.4, -0.2) is 69.6 Å². The maximum absolute atomic E-state index is 12.6. The van der Waals surface area contributed by atoms with Crippen LogP contribution >= 0.6 is 0 Å². The number of hydrogen-bond acceptors (Lipinski definition) is 7. The number of esters is 1. The van der Waals surface area contributed by atoms with E-state index in [0.29, 0.717) is 17.9 Å². The Morgan fingerprint density at radius 1 is 1.04 bits per heavy atom. The zero-order chi connectivity index (χ0) is 19.6. The van der Waals surface area contributed by atoms with Crippen LogP contribution in [0.5, 0.6) is 11.5 Å². The van der Waals surface area contributed by atoms with Crippen LogP contribution in [0.15, 0.2) is 18.2 Å². The van der Waals surface area contributed by atoms with Gasteiger partial charge in [0.25, 0.3) is 5.91 Å². The van der Waals surface area contributed by atoms with Gasteiger partial charge in [0.15, 0.2) is 16.4 Å². The second-order valence-electron chi connectivity index (χ2n) is 6.77. The summed E-state index contributed by atoms with van der Waals surface area (Å²) in [7, 11) is -0.161. The minimum atomic E-state index is -3.10. The van der Waals surface area contributed by atoms with Gasteiger partial charge >= 0.3 is 5.97 Å². The summed E-state index contributed by atoms with van der Waals surface area (Å²) in [6.07, 6.45) is 2.14. The van der Waals surface area contributed by atoms with Crippen molar-refractivity contribution < 1.29 is 32.2 Å². The van der Waals surface area contributed by atoms with Crippen LogP contribution in [0.25, 0.3) is 0 Å². The Bertz CT molecular complexity index is 810. The average molecular weight is 397 g/mol. The van der Waals surface area contributed by atoms with E-state index in [9.17, 15) is 18.0 Å². The Labute approximate surface area is 158 Å². The van der Waals surface area contributed by atoms with E-state index in [4.69, 9.17) is 14.2 Å². The topological polar surface area (TPSA) is 99.2 Å². The molecule has 1 aromatic carbocycles. The van der Waals surface area contributed by atoms with Gasteiger partial charge < -0.3 is 19.1 Å². The Hall–Kier alpha value is -2.29. The van der Waals surface area contributed by atoms with Gasteiger partial charge in [0.1, 0.15) is 11.5 Å². The number of nitrogens with zero attached hydrogens (tertiary/aromatic N) is 1. The van der Waals surface area contributed by atoms with Crippen LogP contribution in [0.1, 0.15) is 29.6 Å². The molecule has 1 aromatic rings. The number of rotatable bonds is 7. The normalized spacial score (nSPS) is 20.7. The van der Waals surface area contributed by atoms with Gasteiger partial charge in [0.05, 0.1) is 31.3 Å². The van der Waals surface area contributed by atoms with Crippen molar-refractivity contribution >= 4 is 21.7 Å². The van der Waals surface area contributed by atoms with Crippen LogP contribution in [0.4, 0.5) is 0 Å². The molecule has 1 heterocycles. The van der Waals surface area contributed by atoms with E-state index >= 15 is 0 Å². The van der Waals surface area contributed by atoms with E-state index in [1.54, 1.807) is 11.0 Å². The fourth-order valence-electron chi connectivity index (χ4n) is 3.26. The zero-order valence-electron chi connectivity index (χ0n) is 15.3. The number of carbonyl (C=O) groups is 2. The molecule has 2 fully saturated rings. The third kappa shape index (κ3) is 4.71. The molecular formula is C18H23NO7S. The molecule has 1 atom stereocenters. The first kappa shape index (κ1) is 19.5. The summed E-state index contributed by atoms with van der Waals surface area (Å²) in [5, 5.41) is 0. The first-order chi connectivity index (χ1) is 12.8. The summed E-state index contributed by atoms with van der Waals surface area (Å²) in [5.41, 5.74) is 0.209. The molecule has 8 nitrogen and oxygen atoms in total. The maximum Gasteiger partial charge on any atom is 0.338 e. The smallest absolute Gasteiger partial charge is 0.338 e. The fourth-order valence-corrected chi connectivity index (χ4v) is 4.97. The first-order valence-corrected chi connectivity index (χ1v) is 10.6. The number of sulfone groups is 1. The van der Waals surface area contributed by atoms with Crippen LogP contribution < -0.4 is 9.47 Å². The highest BCUT2D eigenvalue weighted by Gasteiger charge is 2.42. The van der Waals surface area contributed by atoms with Gasteiger partial charge in [-0.2, -0.15) is 0 Å². The van der Waals surface area contributed by atoms with Crippen LogP contribution in [0.3, 0.4) is 0 Å². The van der Waals surface area contributed by atoms with Crippen molar-refractivity contribution in [2.24, 2.45) is 0 Å². The number of carbonyl (C=O) groups excluding carboxylic acids is 2. The van der Waals surface area contributed by atoms with Gasteiger partial charge in [-0.15, -0.1) is 0 Å². The SMILES string of the molecule is COc1cc(OC)cc(C(=O)OCC(=O)N(C2CC2)[C@@H]2CCS(=O)(=O)C2)c1. The van der Waals surface area contributed by atoms with Gasteiger partial charge in [-0.3, -0.25) is 4.79 Å². The molecule has 9 heteroatoms. The van der Waals surface area contributed by atoms with Gasteiger partial charge in [-0.25, -0.2) is 13.2 Å². The molecule has 1 saturated carbocycles. The van der Waals surface area contributed by atoms with Crippen LogP contribution in [0.2, 0.25) is 0 Å². The lowest BCUT2D eigenvalue weighted by Crippen LogP contribution is -2.44. The van der Waals surface area contributed by atoms with Gasteiger partial charge in [-0.1, -0.05) is 0 Å². The van der Waals surface area contributed by atoms with E-state index in [0.717, 1.165) is 12.8 Å². The number of methoxy groups -OCH3 is 2. The number of hydrogen-bond donors (Lipinski definition) is 0. The summed E-state index contributed by atoms with van der Waals surface area (Å²) < 4.78 is 38.9. The van der Waals surface area contributed by atoms with E-state index < -0.39 is 22.4 Å². The minimum absolute atomic E-state index is 0.0176. The molecule has 1 saturated heterocycles. The van der Waals surface area contributed by atoms with Gasteiger partial charge in [-0.05, 0) is 31.4 Å². The molecule has 2 aliphatic rings. The quantitative estimate of drug-likeness (QED) is 0.634. The summed E-state index contributed by atoms with van der Waals surface area (Å²) in [4.78, 5) is 26.5. The lowest BCUT2D eigenvalue weighted by atomic mass is 10.2. The van der Waals surface area contributed by atoms with Crippen molar-refractivity contribution in [3.63, 3.8) is 0 Å². The predicted molar refractivity (Wildman–Crippen MR) is 96.8 cm³/mol. The van der Waals surface area contributed by atoms with Crippen molar-refractivity contribution in [3.8, 4) is 11.5 Å². The monoisotopic (exact) mass is 397 g/mol. The van der Waals surface area contributed by atoms with Crippen LogP contribution in [-0.2, 0) is 19.4 Å². The van der Waals surface area contributed by atoms with E-state index in [-0.39, 0.29) is 35.1 Å². The van der Waals surface area contributed by atoms with Crippen molar-refractivity contribution in [2.75, 3.05) is 32.3 Å². The third-order valence-corrected chi connectivity index (χ3v) is 6.49. The summed E-state index contributed by atoms with van der Waals surface area (Å²) >= 11 is 0.